The van der Waals surface area contributed by atoms with Crippen LogP contribution in [0.2, 0.25) is 0 Å². The van der Waals surface area contributed by atoms with Crippen LogP contribution >= 0.6 is 0 Å². The van der Waals surface area contributed by atoms with E-state index in [2.05, 4.69) is 10.5 Å². The molecule has 0 aromatic heterocycles. The first kappa shape index (κ1) is 15.0. The van der Waals surface area contributed by atoms with Gasteiger partial charge in [-0.2, -0.15) is 5.26 Å². The molecule has 5 nitrogen and oxygen atoms in total. The fourth-order valence-electron chi connectivity index (χ4n) is 1.72. The summed E-state index contributed by atoms with van der Waals surface area (Å²) in [6.07, 6.45) is 0. The van der Waals surface area contributed by atoms with E-state index in [9.17, 15) is 12.8 Å². The number of hydrogen-bond acceptors (Lipinski definition) is 3. The quantitative estimate of drug-likeness (QED) is 0.932. The minimum Gasteiger partial charge on any atom is -0.573 e. The second-order valence-corrected chi connectivity index (χ2v) is 5.82. The highest BCUT2D eigenvalue weighted by Crippen LogP contribution is 2.29. The first-order chi connectivity index (χ1) is 9.96. The minimum atomic E-state index is -4.19. The number of nitrogens with zero attached hydrogens (tertiary/aromatic N) is 2. The predicted octanol–water partition coefficient (Wildman–Crippen LogP) is 1.83. The van der Waals surface area contributed by atoms with Crippen molar-refractivity contribution in [2.45, 2.75) is 11.4 Å². The maximum absolute atomic E-state index is 13.7. The van der Waals surface area contributed by atoms with Crippen LogP contribution in [0.1, 0.15) is 11.1 Å². The third kappa shape index (κ3) is 3.37. The number of quaternary nitrogens is 1. The van der Waals surface area contributed by atoms with E-state index in [1.165, 1.54) is 36.4 Å². The SMILES string of the molecule is N#Cc1cccc([N-]S(=O)(=O)c2cc(C[NH3+])ccc2F)c1. The van der Waals surface area contributed by atoms with Gasteiger partial charge in [0.05, 0.1) is 23.1 Å². The zero-order chi connectivity index (χ0) is 15.5. The first-order valence-electron chi connectivity index (χ1n) is 6.02. The summed E-state index contributed by atoms with van der Waals surface area (Å²) in [7, 11) is -4.19. The maximum atomic E-state index is 13.7. The van der Waals surface area contributed by atoms with Crippen LogP contribution in [0.4, 0.5) is 10.1 Å². The third-order valence-corrected chi connectivity index (χ3v) is 4.08. The Hall–Kier alpha value is -2.43. The van der Waals surface area contributed by atoms with Gasteiger partial charge in [-0.3, -0.25) is 0 Å². The molecule has 3 N–H and O–H groups in total. The van der Waals surface area contributed by atoms with E-state index in [1.54, 1.807) is 0 Å². The number of nitriles is 1. The molecule has 0 amide bonds. The van der Waals surface area contributed by atoms with Crippen molar-refractivity contribution in [2.75, 3.05) is 0 Å². The second-order valence-electron chi connectivity index (χ2n) is 4.24. The van der Waals surface area contributed by atoms with Crippen LogP contribution < -0.4 is 5.73 Å². The Morgan fingerprint density at radius 1 is 1.24 bits per heavy atom. The van der Waals surface area contributed by atoms with Crippen molar-refractivity contribution in [1.29, 1.82) is 5.26 Å². The highest BCUT2D eigenvalue weighted by molar-refractivity contribution is 7.94. The van der Waals surface area contributed by atoms with E-state index in [0.717, 1.165) is 6.07 Å². The van der Waals surface area contributed by atoms with Gasteiger partial charge in [0, 0.05) is 5.56 Å². The molecular weight excluding hydrogens is 293 g/mol. The summed E-state index contributed by atoms with van der Waals surface area (Å²) >= 11 is 0. The van der Waals surface area contributed by atoms with Gasteiger partial charge in [0.15, 0.2) is 0 Å². The molecule has 0 aliphatic heterocycles. The van der Waals surface area contributed by atoms with Crippen molar-refractivity contribution in [3.8, 4) is 6.07 Å². The second kappa shape index (κ2) is 5.91. The molecule has 0 radical (unpaired) electrons. The lowest BCUT2D eigenvalue weighted by Crippen LogP contribution is -2.47. The van der Waals surface area contributed by atoms with E-state index in [1.807, 2.05) is 6.07 Å². The van der Waals surface area contributed by atoms with Crippen molar-refractivity contribution >= 4 is 15.7 Å². The van der Waals surface area contributed by atoms with Gasteiger partial charge in [0.1, 0.15) is 15.8 Å². The molecule has 2 aromatic rings. The number of benzene rings is 2. The average molecular weight is 305 g/mol. The normalized spacial score (nSPS) is 10.9. The van der Waals surface area contributed by atoms with E-state index < -0.39 is 20.7 Å². The van der Waals surface area contributed by atoms with Crippen LogP contribution in [0.3, 0.4) is 0 Å². The Labute approximate surface area is 121 Å². The largest absolute Gasteiger partial charge is 0.573 e. The van der Waals surface area contributed by atoms with Crippen molar-refractivity contribution in [1.82, 2.24) is 0 Å². The van der Waals surface area contributed by atoms with Crippen LogP contribution in [0.15, 0.2) is 47.4 Å². The van der Waals surface area contributed by atoms with Crippen molar-refractivity contribution in [2.24, 2.45) is 0 Å². The van der Waals surface area contributed by atoms with Gasteiger partial charge in [-0.15, -0.1) is 5.69 Å². The smallest absolute Gasteiger partial charge is 0.140 e. The Balaban J connectivity index is 2.41. The molecule has 0 saturated carbocycles. The number of sulfonamides is 1. The van der Waals surface area contributed by atoms with E-state index in [0.29, 0.717) is 12.1 Å². The summed E-state index contributed by atoms with van der Waals surface area (Å²) in [5.74, 6) is -0.868. The summed E-state index contributed by atoms with van der Waals surface area (Å²) in [5, 5.41) is 8.78. The molecule has 108 valence electrons. The van der Waals surface area contributed by atoms with Gasteiger partial charge in [0.25, 0.3) is 0 Å². The number of hydrogen-bond donors (Lipinski definition) is 1. The molecule has 0 aliphatic carbocycles. The van der Waals surface area contributed by atoms with Gasteiger partial charge >= 0.3 is 0 Å². The zero-order valence-electron chi connectivity index (χ0n) is 11.0. The summed E-state index contributed by atoms with van der Waals surface area (Å²) < 4.78 is 41.7. The van der Waals surface area contributed by atoms with E-state index in [-0.39, 0.29) is 11.3 Å². The predicted molar refractivity (Wildman–Crippen MR) is 74.4 cm³/mol. The molecule has 0 heterocycles. The lowest BCUT2D eigenvalue weighted by Gasteiger charge is -2.22. The van der Waals surface area contributed by atoms with Crippen LogP contribution in [-0.2, 0) is 16.6 Å². The van der Waals surface area contributed by atoms with Crippen LogP contribution in [0, 0.1) is 17.1 Å². The van der Waals surface area contributed by atoms with E-state index >= 15 is 0 Å². The summed E-state index contributed by atoms with van der Waals surface area (Å²) in [4.78, 5) is -0.494. The molecule has 0 bridgehead atoms. The molecule has 0 unspecified atom stereocenters. The molecule has 2 rings (SSSR count). The lowest BCUT2D eigenvalue weighted by atomic mass is 10.2. The van der Waals surface area contributed by atoms with Crippen LogP contribution in [0.5, 0.6) is 0 Å². The zero-order valence-corrected chi connectivity index (χ0v) is 11.8. The molecule has 0 atom stereocenters. The summed E-state index contributed by atoms with van der Waals surface area (Å²) in [6, 6.07) is 11.4. The van der Waals surface area contributed by atoms with Gasteiger partial charge in [-0.25, -0.2) is 12.8 Å². The van der Waals surface area contributed by atoms with Gasteiger partial charge in [-0.05, 0) is 18.2 Å². The highest BCUT2D eigenvalue weighted by atomic mass is 32.2. The van der Waals surface area contributed by atoms with Gasteiger partial charge in [0.2, 0.25) is 0 Å². The molecule has 0 aliphatic rings. The standard InChI is InChI=1S/C14H11FN3O2S/c15-13-5-4-11(9-17)7-14(13)21(19,20)18-12-3-1-2-10(6-12)8-16/h1-7H,9,17H2/q-1/p+1. The van der Waals surface area contributed by atoms with Crippen molar-refractivity contribution < 1.29 is 18.5 Å². The molecule has 7 heteroatoms. The van der Waals surface area contributed by atoms with Crippen LogP contribution in [0.25, 0.3) is 4.72 Å². The van der Waals surface area contributed by atoms with Crippen molar-refractivity contribution in [3.05, 3.63) is 64.1 Å². The Kier molecular flexibility index (Phi) is 4.21. The first-order valence-corrected chi connectivity index (χ1v) is 7.46. The molecule has 0 saturated heterocycles. The van der Waals surface area contributed by atoms with Crippen molar-refractivity contribution in [3.63, 3.8) is 0 Å². The minimum absolute atomic E-state index is 0.0773. The summed E-state index contributed by atoms with van der Waals surface area (Å²) in [5.41, 5.74) is 4.58. The molecule has 0 spiro atoms. The Morgan fingerprint density at radius 2 is 2.00 bits per heavy atom. The number of rotatable bonds is 4. The Bertz CT molecular complexity index is 813. The van der Waals surface area contributed by atoms with Crippen LogP contribution in [-0.4, -0.2) is 8.42 Å². The molecular formula is C14H12FN3O2S. The molecule has 21 heavy (non-hydrogen) atoms. The lowest BCUT2D eigenvalue weighted by molar-refractivity contribution is -0.386. The Morgan fingerprint density at radius 3 is 2.67 bits per heavy atom. The van der Waals surface area contributed by atoms with E-state index in [4.69, 9.17) is 5.26 Å². The van der Waals surface area contributed by atoms with Gasteiger partial charge < -0.3 is 10.5 Å². The third-order valence-electron chi connectivity index (χ3n) is 2.76. The monoisotopic (exact) mass is 305 g/mol. The molecule has 2 aromatic carbocycles. The topological polar surface area (TPSA) is 99.7 Å². The van der Waals surface area contributed by atoms with Gasteiger partial charge in [-0.1, -0.05) is 24.3 Å². The fourth-order valence-corrected chi connectivity index (χ4v) is 2.83. The summed E-state index contributed by atoms with van der Waals surface area (Å²) in [6.45, 7) is 0.340. The molecule has 0 fully saturated rings. The average Bonchev–Trinajstić information content (AvgIpc) is 2.47. The fraction of sp³-hybridized carbons (Fsp3) is 0.0714. The highest BCUT2D eigenvalue weighted by Gasteiger charge is 2.12. The number of halogens is 1. The maximum Gasteiger partial charge on any atom is 0.140 e.